The van der Waals surface area contributed by atoms with Gasteiger partial charge in [-0.2, -0.15) is 11.3 Å². The van der Waals surface area contributed by atoms with Gasteiger partial charge >= 0.3 is 5.97 Å². The molecule has 136 valence electrons. The number of thiophene rings is 1. The maximum absolute atomic E-state index is 12.9. The zero-order chi connectivity index (χ0) is 18.5. The average Bonchev–Trinajstić information content (AvgIpc) is 3.16. The Morgan fingerprint density at radius 3 is 2.69 bits per heavy atom. The first-order valence-corrected chi connectivity index (χ1v) is 9.75. The fraction of sp³-hybridized carbons (Fsp3) is 0.333. The molecule has 3 rings (SSSR count). The highest BCUT2D eigenvalue weighted by molar-refractivity contribution is 7.08. The lowest BCUT2D eigenvalue weighted by molar-refractivity contribution is -0.151. The summed E-state index contributed by atoms with van der Waals surface area (Å²) in [5.41, 5.74) is 2.86. The number of esters is 1. The molecule has 1 aromatic heterocycles. The molecule has 0 aliphatic heterocycles. The maximum atomic E-state index is 12.9. The molecule has 0 bridgehead atoms. The van der Waals surface area contributed by atoms with Crippen molar-refractivity contribution in [1.29, 1.82) is 0 Å². The van der Waals surface area contributed by atoms with E-state index in [4.69, 9.17) is 9.47 Å². The molecular formula is C21H22O4S. The van der Waals surface area contributed by atoms with E-state index < -0.39 is 11.9 Å². The molecule has 4 nitrogen and oxygen atoms in total. The maximum Gasteiger partial charge on any atom is 0.317 e. The minimum atomic E-state index is -0.834. The highest BCUT2D eigenvalue weighted by Crippen LogP contribution is 2.43. The van der Waals surface area contributed by atoms with Crippen LogP contribution in [0.4, 0.5) is 0 Å². The third-order valence-corrected chi connectivity index (χ3v) is 5.20. The molecule has 0 spiro atoms. The fourth-order valence-corrected chi connectivity index (χ4v) is 4.08. The molecule has 2 aromatic rings. The third kappa shape index (κ3) is 3.73. The summed E-state index contributed by atoms with van der Waals surface area (Å²) in [5.74, 6) is -1.08. The molecule has 1 aromatic carbocycles. The summed E-state index contributed by atoms with van der Waals surface area (Å²) in [6, 6.07) is 9.63. The molecule has 0 saturated heterocycles. The van der Waals surface area contributed by atoms with E-state index in [1.165, 1.54) is 0 Å². The lowest BCUT2D eigenvalue weighted by Gasteiger charge is -2.30. The molecule has 0 fully saturated rings. The predicted molar refractivity (Wildman–Crippen MR) is 102 cm³/mol. The minimum Gasteiger partial charge on any atom is -0.494 e. The second-order valence-electron chi connectivity index (χ2n) is 6.10. The van der Waals surface area contributed by atoms with Gasteiger partial charge in [-0.25, -0.2) is 0 Å². The SMILES string of the molecule is CCOC(=O)[C@@H]1C(=O)C=C(c2ccsc2)C[C@@H]1c1ccccc1OCC. The molecule has 0 N–H and O–H groups in total. The molecule has 5 heteroatoms. The van der Waals surface area contributed by atoms with Gasteiger partial charge in [-0.1, -0.05) is 18.2 Å². The minimum absolute atomic E-state index is 0.202. The molecular weight excluding hydrogens is 348 g/mol. The second kappa shape index (κ2) is 8.32. The molecule has 0 unspecified atom stereocenters. The van der Waals surface area contributed by atoms with E-state index in [-0.39, 0.29) is 18.3 Å². The largest absolute Gasteiger partial charge is 0.494 e. The van der Waals surface area contributed by atoms with Gasteiger partial charge in [0, 0.05) is 5.92 Å². The van der Waals surface area contributed by atoms with Gasteiger partial charge in [0.25, 0.3) is 0 Å². The summed E-state index contributed by atoms with van der Waals surface area (Å²) in [5, 5.41) is 4.01. The molecule has 1 aliphatic rings. The van der Waals surface area contributed by atoms with Crippen LogP contribution in [0.15, 0.2) is 47.2 Å². The first kappa shape index (κ1) is 18.4. The summed E-state index contributed by atoms with van der Waals surface area (Å²) < 4.78 is 11.0. The monoisotopic (exact) mass is 370 g/mol. The molecule has 0 radical (unpaired) electrons. The van der Waals surface area contributed by atoms with Crippen LogP contribution < -0.4 is 4.74 Å². The van der Waals surface area contributed by atoms with E-state index in [1.54, 1.807) is 24.3 Å². The van der Waals surface area contributed by atoms with Crippen molar-refractivity contribution in [2.75, 3.05) is 13.2 Å². The highest BCUT2D eigenvalue weighted by Gasteiger charge is 2.40. The summed E-state index contributed by atoms with van der Waals surface area (Å²) in [6.45, 7) is 4.45. The van der Waals surface area contributed by atoms with E-state index in [1.807, 2.05) is 48.0 Å². The van der Waals surface area contributed by atoms with Crippen LogP contribution in [0.2, 0.25) is 0 Å². The van der Waals surface area contributed by atoms with Gasteiger partial charge in [0.05, 0.1) is 13.2 Å². The van der Waals surface area contributed by atoms with Gasteiger partial charge in [0.15, 0.2) is 5.78 Å². The van der Waals surface area contributed by atoms with E-state index in [0.717, 1.165) is 16.7 Å². The average molecular weight is 370 g/mol. The Balaban J connectivity index is 2.05. The van der Waals surface area contributed by atoms with Gasteiger partial charge in [-0.3, -0.25) is 9.59 Å². The van der Waals surface area contributed by atoms with E-state index in [9.17, 15) is 9.59 Å². The van der Waals surface area contributed by atoms with Crippen LogP contribution in [-0.4, -0.2) is 25.0 Å². The van der Waals surface area contributed by atoms with E-state index >= 15 is 0 Å². The normalized spacial score (nSPS) is 19.8. The van der Waals surface area contributed by atoms with Crippen molar-refractivity contribution in [1.82, 2.24) is 0 Å². The zero-order valence-electron chi connectivity index (χ0n) is 14.9. The summed E-state index contributed by atoms with van der Waals surface area (Å²) >= 11 is 1.59. The van der Waals surface area contributed by atoms with Gasteiger partial charge in [-0.15, -0.1) is 0 Å². The number of carbonyl (C=O) groups is 2. The van der Waals surface area contributed by atoms with E-state index in [0.29, 0.717) is 18.8 Å². The Morgan fingerprint density at radius 2 is 2.00 bits per heavy atom. The van der Waals surface area contributed by atoms with Gasteiger partial charge in [-0.05, 0) is 65.9 Å². The van der Waals surface area contributed by atoms with Crippen LogP contribution in [0, 0.1) is 5.92 Å². The van der Waals surface area contributed by atoms with E-state index in [2.05, 4.69) is 0 Å². The Hall–Kier alpha value is -2.40. The Labute approximate surface area is 157 Å². The van der Waals surface area contributed by atoms with Crippen molar-refractivity contribution < 1.29 is 19.1 Å². The Kier molecular flexibility index (Phi) is 5.89. The van der Waals surface area contributed by atoms with Crippen LogP contribution in [0.1, 0.15) is 37.3 Å². The number of ether oxygens (including phenoxy) is 2. The smallest absolute Gasteiger partial charge is 0.317 e. The summed E-state index contributed by atoms with van der Waals surface area (Å²) in [6.07, 6.45) is 2.19. The lowest BCUT2D eigenvalue weighted by Crippen LogP contribution is -2.34. The van der Waals surface area contributed by atoms with Crippen molar-refractivity contribution in [3.63, 3.8) is 0 Å². The number of benzene rings is 1. The van der Waals surface area contributed by atoms with Gasteiger partial charge in [0.1, 0.15) is 11.7 Å². The number of para-hydroxylation sites is 1. The summed E-state index contributed by atoms with van der Waals surface area (Å²) in [4.78, 5) is 25.4. The van der Waals surface area contributed by atoms with Crippen LogP contribution in [0.25, 0.3) is 5.57 Å². The molecule has 0 amide bonds. The van der Waals surface area contributed by atoms with Crippen LogP contribution >= 0.6 is 11.3 Å². The van der Waals surface area contributed by atoms with Crippen LogP contribution in [-0.2, 0) is 14.3 Å². The number of allylic oxidation sites excluding steroid dienone is 2. The molecule has 1 heterocycles. The fourth-order valence-electron chi connectivity index (χ4n) is 3.40. The predicted octanol–water partition coefficient (Wildman–Crippen LogP) is 4.47. The Bertz CT molecular complexity index is 807. The number of ketones is 1. The van der Waals surface area contributed by atoms with Crippen molar-refractivity contribution in [3.8, 4) is 5.75 Å². The number of hydrogen-bond donors (Lipinski definition) is 0. The lowest BCUT2D eigenvalue weighted by atomic mass is 9.73. The van der Waals surface area contributed by atoms with Gasteiger partial charge < -0.3 is 9.47 Å². The molecule has 0 saturated carbocycles. The van der Waals surface area contributed by atoms with Crippen molar-refractivity contribution >= 4 is 28.7 Å². The first-order valence-electron chi connectivity index (χ1n) is 8.81. The molecule has 2 atom stereocenters. The topological polar surface area (TPSA) is 52.6 Å². The van der Waals surface area contributed by atoms with Gasteiger partial charge in [0.2, 0.25) is 0 Å². The summed E-state index contributed by atoms with van der Waals surface area (Å²) in [7, 11) is 0. The van der Waals surface area contributed by atoms with Crippen LogP contribution in [0.5, 0.6) is 5.75 Å². The Morgan fingerprint density at radius 1 is 1.19 bits per heavy atom. The number of hydrogen-bond acceptors (Lipinski definition) is 5. The number of rotatable bonds is 6. The standard InChI is InChI=1S/C21H22O4S/c1-3-24-19-8-6-5-7-16(19)17-11-15(14-9-10-26-13-14)12-18(22)20(17)21(23)25-4-2/h5-10,12-13,17,20H,3-4,11H2,1-2H3/t17-,20+/m1/s1. The second-order valence-corrected chi connectivity index (χ2v) is 6.88. The quantitative estimate of drug-likeness (QED) is 0.556. The third-order valence-electron chi connectivity index (χ3n) is 4.52. The molecule has 1 aliphatic carbocycles. The van der Waals surface area contributed by atoms with Crippen molar-refractivity contribution in [2.45, 2.75) is 26.2 Å². The van der Waals surface area contributed by atoms with Crippen LogP contribution in [0.3, 0.4) is 0 Å². The highest BCUT2D eigenvalue weighted by atomic mass is 32.1. The zero-order valence-corrected chi connectivity index (χ0v) is 15.8. The van der Waals surface area contributed by atoms with Crippen molar-refractivity contribution in [2.24, 2.45) is 5.92 Å². The van der Waals surface area contributed by atoms with Crippen molar-refractivity contribution in [3.05, 3.63) is 58.3 Å². The number of carbonyl (C=O) groups excluding carboxylic acids is 2. The first-order chi connectivity index (χ1) is 12.7. The molecule has 26 heavy (non-hydrogen) atoms.